The maximum atomic E-state index is 13.7. The summed E-state index contributed by atoms with van der Waals surface area (Å²) in [6.07, 6.45) is 0. The molecule has 2 aromatic heterocycles. The minimum Gasteiger partial charge on any atom is -0.494 e. The van der Waals surface area contributed by atoms with E-state index in [1.54, 1.807) is 55.5 Å². The number of aromatic nitrogens is 1. The number of hydrogen-bond acceptors (Lipinski definition) is 7. The molecule has 4 aromatic rings. The summed E-state index contributed by atoms with van der Waals surface area (Å²) in [5.74, 6) is -0.0272. The molecule has 0 unspecified atom stereocenters. The van der Waals surface area contributed by atoms with Crippen molar-refractivity contribution < 1.29 is 28.5 Å². The van der Waals surface area contributed by atoms with Gasteiger partial charge < -0.3 is 24.3 Å². The van der Waals surface area contributed by atoms with Crippen LogP contribution < -0.4 is 25.1 Å². The maximum Gasteiger partial charge on any atom is 0.342 e. The molecule has 0 spiro atoms. The lowest BCUT2D eigenvalue weighted by atomic mass is 10.2. The van der Waals surface area contributed by atoms with Crippen molar-refractivity contribution in [3.05, 3.63) is 76.1 Å². The van der Waals surface area contributed by atoms with Gasteiger partial charge in [-0.25, -0.2) is 4.79 Å². The number of nitrogens with one attached hydrogen (secondary N) is 1. The summed E-state index contributed by atoms with van der Waals surface area (Å²) in [5, 5.41) is 3.31. The summed E-state index contributed by atoms with van der Waals surface area (Å²) in [4.78, 5) is 39.5. The van der Waals surface area contributed by atoms with Crippen LogP contribution in [0.25, 0.3) is 16.4 Å². The first kappa shape index (κ1) is 21.3. The second kappa shape index (κ2) is 8.43. The molecule has 5 rings (SSSR count). The summed E-state index contributed by atoms with van der Waals surface area (Å²) in [6, 6.07) is 14.9. The Labute approximate surface area is 193 Å². The molecule has 1 aliphatic heterocycles. The number of esters is 1. The SMILES string of the molecule is CCOC(=O)c1cc(NC(=O)c2ccccc2)c(=O)n2c(cc3cc4c(cc32)OCO4)c1OC. The van der Waals surface area contributed by atoms with Crippen LogP contribution in [0, 0.1) is 0 Å². The minimum absolute atomic E-state index is 0.00246. The van der Waals surface area contributed by atoms with Gasteiger partial charge >= 0.3 is 5.97 Å². The van der Waals surface area contributed by atoms with Crippen LogP contribution in [0.1, 0.15) is 27.6 Å². The van der Waals surface area contributed by atoms with Crippen molar-refractivity contribution in [3.8, 4) is 17.2 Å². The Balaban J connectivity index is 1.82. The highest BCUT2D eigenvalue weighted by Crippen LogP contribution is 2.38. The van der Waals surface area contributed by atoms with Gasteiger partial charge in [-0.3, -0.25) is 14.0 Å². The van der Waals surface area contributed by atoms with Crippen molar-refractivity contribution >= 4 is 34.0 Å². The van der Waals surface area contributed by atoms with E-state index in [1.165, 1.54) is 17.6 Å². The lowest BCUT2D eigenvalue weighted by Gasteiger charge is -2.06. The Morgan fingerprint density at radius 2 is 1.76 bits per heavy atom. The Morgan fingerprint density at radius 3 is 2.47 bits per heavy atom. The standard InChI is InChI=1S/C25H20N2O7/c1-3-32-25(30)16-11-17(26-23(28)14-7-5-4-6-8-14)24(29)27-18-12-21-20(33-13-34-21)10-15(18)9-19(27)22(16)31-2/h4-12H,3,13H2,1-2H3,(H,26,28). The molecule has 3 heterocycles. The Hall–Kier alpha value is -4.53. The molecule has 1 aliphatic rings. The lowest BCUT2D eigenvalue weighted by Crippen LogP contribution is -2.20. The fourth-order valence-electron chi connectivity index (χ4n) is 3.96. The molecule has 0 bridgehead atoms. The molecule has 0 saturated carbocycles. The van der Waals surface area contributed by atoms with E-state index in [2.05, 4.69) is 5.32 Å². The smallest absolute Gasteiger partial charge is 0.342 e. The van der Waals surface area contributed by atoms with Crippen LogP contribution in [0.3, 0.4) is 0 Å². The summed E-state index contributed by atoms with van der Waals surface area (Å²) in [6.45, 7) is 1.88. The number of fused-ring (bicyclic) bond motifs is 4. The third kappa shape index (κ3) is 3.47. The predicted molar refractivity (Wildman–Crippen MR) is 124 cm³/mol. The molecule has 9 nitrogen and oxygen atoms in total. The maximum absolute atomic E-state index is 13.7. The highest BCUT2D eigenvalue weighted by Gasteiger charge is 2.24. The zero-order valence-electron chi connectivity index (χ0n) is 18.4. The van der Waals surface area contributed by atoms with Crippen molar-refractivity contribution in [1.82, 2.24) is 4.40 Å². The fourth-order valence-corrected chi connectivity index (χ4v) is 3.96. The van der Waals surface area contributed by atoms with Gasteiger partial charge in [-0.05, 0) is 37.3 Å². The summed E-state index contributed by atoms with van der Waals surface area (Å²) in [5.41, 5.74) is 0.526. The van der Waals surface area contributed by atoms with Crippen LogP contribution >= 0.6 is 0 Å². The number of ether oxygens (including phenoxy) is 4. The molecule has 0 atom stereocenters. The van der Waals surface area contributed by atoms with E-state index in [4.69, 9.17) is 18.9 Å². The van der Waals surface area contributed by atoms with Gasteiger partial charge in [0.1, 0.15) is 11.3 Å². The molecule has 2 aromatic carbocycles. The number of benzene rings is 2. The van der Waals surface area contributed by atoms with E-state index in [9.17, 15) is 14.4 Å². The van der Waals surface area contributed by atoms with Crippen molar-refractivity contribution in [1.29, 1.82) is 0 Å². The van der Waals surface area contributed by atoms with Gasteiger partial charge in [0.25, 0.3) is 11.5 Å². The number of amides is 1. The van der Waals surface area contributed by atoms with Crippen LogP contribution in [0.15, 0.2) is 59.4 Å². The van der Waals surface area contributed by atoms with E-state index in [0.29, 0.717) is 33.5 Å². The fraction of sp³-hybridized carbons (Fsp3) is 0.160. The van der Waals surface area contributed by atoms with Crippen molar-refractivity contribution in [2.24, 2.45) is 0 Å². The van der Waals surface area contributed by atoms with Gasteiger partial charge in [0.2, 0.25) is 6.79 Å². The second-order valence-corrected chi connectivity index (χ2v) is 7.48. The predicted octanol–water partition coefficient (Wildman–Crippen LogP) is 3.62. The molecular formula is C25H20N2O7. The van der Waals surface area contributed by atoms with Gasteiger partial charge in [-0.15, -0.1) is 0 Å². The van der Waals surface area contributed by atoms with Crippen molar-refractivity contribution in [3.63, 3.8) is 0 Å². The number of methoxy groups -OCH3 is 1. The van der Waals surface area contributed by atoms with Crippen LogP contribution in [0.2, 0.25) is 0 Å². The number of rotatable bonds is 5. The molecular weight excluding hydrogens is 440 g/mol. The van der Waals surface area contributed by atoms with E-state index < -0.39 is 17.4 Å². The average molecular weight is 460 g/mol. The largest absolute Gasteiger partial charge is 0.494 e. The number of carbonyl (C=O) groups excluding carboxylic acids is 2. The Bertz CT molecular complexity index is 1510. The minimum atomic E-state index is -0.688. The number of hydrogen-bond donors (Lipinski definition) is 1. The molecule has 1 N–H and O–H groups in total. The normalized spacial score (nSPS) is 12.1. The van der Waals surface area contributed by atoms with Gasteiger partial charge in [-0.1, -0.05) is 18.2 Å². The zero-order valence-corrected chi connectivity index (χ0v) is 18.4. The van der Waals surface area contributed by atoms with Crippen LogP contribution in [0.5, 0.6) is 17.2 Å². The van der Waals surface area contributed by atoms with Crippen LogP contribution in [-0.2, 0) is 4.74 Å². The highest BCUT2D eigenvalue weighted by atomic mass is 16.7. The molecule has 0 fully saturated rings. The topological polar surface area (TPSA) is 105 Å². The Kier molecular flexibility index (Phi) is 5.29. The molecule has 0 radical (unpaired) electrons. The van der Waals surface area contributed by atoms with Gasteiger partial charge in [0, 0.05) is 17.0 Å². The monoisotopic (exact) mass is 460 g/mol. The molecule has 172 valence electrons. The molecule has 1 amide bonds. The first-order chi connectivity index (χ1) is 16.5. The van der Waals surface area contributed by atoms with Gasteiger partial charge in [-0.2, -0.15) is 0 Å². The molecule has 34 heavy (non-hydrogen) atoms. The van der Waals surface area contributed by atoms with Crippen molar-refractivity contribution in [2.75, 3.05) is 25.8 Å². The average Bonchev–Trinajstić information content (AvgIpc) is 3.42. The first-order valence-corrected chi connectivity index (χ1v) is 10.6. The van der Waals surface area contributed by atoms with E-state index >= 15 is 0 Å². The summed E-state index contributed by atoms with van der Waals surface area (Å²) in [7, 11) is 1.40. The van der Waals surface area contributed by atoms with Crippen molar-refractivity contribution in [2.45, 2.75) is 6.92 Å². The number of anilines is 1. The van der Waals surface area contributed by atoms with Crippen LogP contribution in [-0.4, -0.2) is 36.8 Å². The lowest BCUT2D eigenvalue weighted by molar-refractivity contribution is 0.0523. The molecule has 0 aliphatic carbocycles. The van der Waals surface area contributed by atoms with E-state index in [0.717, 1.165) is 0 Å². The third-order valence-corrected chi connectivity index (χ3v) is 5.48. The molecule has 9 heteroatoms. The van der Waals surface area contributed by atoms with Gasteiger partial charge in [0.05, 0.1) is 24.8 Å². The number of nitrogens with zero attached hydrogens (tertiary/aromatic N) is 1. The third-order valence-electron chi connectivity index (χ3n) is 5.48. The van der Waals surface area contributed by atoms with E-state index in [-0.39, 0.29) is 30.4 Å². The molecule has 0 saturated heterocycles. The second-order valence-electron chi connectivity index (χ2n) is 7.48. The zero-order chi connectivity index (χ0) is 23.8. The van der Waals surface area contributed by atoms with E-state index in [1.807, 2.05) is 0 Å². The quantitative estimate of drug-likeness (QED) is 0.454. The highest BCUT2D eigenvalue weighted by molar-refractivity contribution is 6.06. The summed E-state index contributed by atoms with van der Waals surface area (Å²) < 4.78 is 23.1. The Morgan fingerprint density at radius 1 is 1.03 bits per heavy atom. The number of carbonyl (C=O) groups is 2. The summed E-state index contributed by atoms with van der Waals surface area (Å²) >= 11 is 0. The van der Waals surface area contributed by atoms with Gasteiger partial charge in [0.15, 0.2) is 17.2 Å². The first-order valence-electron chi connectivity index (χ1n) is 10.6. The van der Waals surface area contributed by atoms with Crippen LogP contribution in [0.4, 0.5) is 5.69 Å².